The number of benzene rings is 2. The first-order valence-electron chi connectivity index (χ1n) is 6.54. The summed E-state index contributed by atoms with van der Waals surface area (Å²) >= 11 is 12.1. The van der Waals surface area contributed by atoms with Gasteiger partial charge in [-0.2, -0.15) is 0 Å². The minimum absolute atomic E-state index is 0.334. The van der Waals surface area contributed by atoms with Gasteiger partial charge in [0.15, 0.2) is 0 Å². The van der Waals surface area contributed by atoms with Crippen LogP contribution in [0, 0.1) is 0 Å². The van der Waals surface area contributed by atoms with Crippen LogP contribution >= 0.6 is 23.2 Å². The highest BCUT2D eigenvalue weighted by atomic mass is 35.5. The Labute approximate surface area is 133 Å². The third-order valence-electron chi connectivity index (χ3n) is 3.29. The second kappa shape index (κ2) is 6.06. The lowest BCUT2D eigenvalue weighted by Gasteiger charge is -2.09. The second-order valence-electron chi connectivity index (χ2n) is 4.73. The van der Waals surface area contributed by atoms with Crippen LogP contribution in [-0.2, 0) is 17.2 Å². The zero-order chi connectivity index (χ0) is 14.8. The fourth-order valence-corrected chi connectivity index (χ4v) is 2.78. The average molecular weight is 321 g/mol. The van der Waals surface area contributed by atoms with E-state index in [4.69, 9.17) is 27.9 Å². The number of hydrogen-bond acceptors (Lipinski definition) is 2. The van der Waals surface area contributed by atoms with Crippen molar-refractivity contribution in [3.8, 4) is 5.69 Å². The van der Waals surface area contributed by atoms with Gasteiger partial charge in [0.05, 0.1) is 23.5 Å². The molecule has 0 saturated heterocycles. The van der Waals surface area contributed by atoms with Crippen LogP contribution in [0.2, 0.25) is 5.02 Å². The van der Waals surface area contributed by atoms with Gasteiger partial charge in [-0.05, 0) is 35.9 Å². The molecule has 0 spiro atoms. The Balaban J connectivity index is 2.20. The summed E-state index contributed by atoms with van der Waals surface area (Å²) in [4.78, 5) is 4.56. The molecule has 0 unspecified atom stereocenters. The van der Waals surface area contributed by atoms with Gasteiger partial charge < -0.3 is 4.74 Å². The third kappa shape index (κ3) is 2.77. The van der Waals surface area contributed by atoms with E-state index in [1.807, 2.05) is 36.4 Å². The highest BCUT2D eigenvalue weighted by molar-refractivity contribution is 6.31. The van der Waals surface area contributed by atoms with Crippen LogP contribution in [0.5, 0.6) is 0 Å². The minimum atomic E-state index is 0.334. The molecule has 3 nitrogen and oxygen atoms in total. The molecule has 3 rings (SSSR count). The molecule has 21 heavy (non-hydrogen) atoms. The summed E-state index contributed by atoms with van der Waals surface area (Å²) in [6.07, 6.45) is 0. The first-order chi connectivity index (χ1) is 10.2. The van der Waals surface area contributed by atoms with Gasteiger partial charge in [-0.15, -0.1) is 11.6 Å². The molecule has 0 amide bonds. The molecule has 0 fully saturated rings. The van der Waals surface area contributed by atoms with Crippen molar-refractivity contribution in [3.05, 3.63) is 58.9 Å². The molecular formula is C16H14Cl2N2O. The molecule has 0 N–H and O–H groups in total. The molecular weight excluding hydrogens is 307 g/mol. The fourth-order valence-electron chi connectivity index (χ4n) is 2.43. The number of alkyl halides is 1. The molecule has 5 heteroatoms. The monoisotopic (exact) mass is 320 g/mol. The quantitative estimate of drug-likeness (QED) is 0.659. The van der Waals surface area contributed by atoms with E-state index in [-0.39, 0.29) is 0 Å². The number of fused-ring (bicyclic) bond motifs is 1. The SMILES string of the molecule is COCc1cccc(-n2c(CCl)nc3cc(Cl)ccc32)c1. The topological polar surface area (TPSA) is 27.1 Å². The maximum atomic E-state index is 6.05. The Morgan fingerprint density at radius 3 is 2.81 bits per heavy atom. The number of methoxy groups -OCH3 is 1. The standard InChI is InChI=1S/C16H14Cl2N2O/c1-21-10-11-3-2-4-13(7-11)20-15-6-5-12(18)8-14(15)19-16(20)9-17/h2-8H,9-10H2,1H3. The van der Waals surface area contributed by atoms with Gasteiger partial charge in [0.25, 0.3) is 0 Å². The van der Waals surface area contributed by atoms with Gasteiger partial charge in [0.2, 0.25) is 0 Å². The van der Waals surface area contributed by atoms with E-state index >= 15 is 0 Å². The molecule has 0 aliphatic heterocycles. The lowest BCUT2D eigenvalue weighted by Crippen LogP contribution is -2.00. The van der Waals surface area contributed by atoms with E-state index in [0.29, 0.717) is 17.5 Å². The molecule has 0 radical (unpaired) electrons. The first-order valence-corrected chi connectivity index (χ1v) is 7.45. The molecule has 3 aromatic rings. The first kappa shape index (κ1) is 14.4. The van der Waals surface area contributed by atoms with Crippen molar-refractivity contribution >= 4 is 34.2 Å². The number of nitrogens with zero attached hydrogens (tertiary/aromatic N) is 2. The Bertz CT molecular complexity index is 783. The maximum Gasteiger partial charge on any atom is 0.129 e. The summed E-state index contributed by atoms with van der Waals surface area (Å²) in [5.74, 6) is 1.13. The molecule has 0 atom stereocenters. The smallest absolute Gasteiger partial charge is 0.129 e. The number of hydrogen-bond donors (Lipinski definition) is 0. The normalized spacial score (nSPS) is 11.2. The Morgan fingerprint density at radius 2 is 2.05 bits per heavy atom. The van der Waals surface area contributed by atoms with Crippen LogP contribution in [-0.4, -0.2) is 16.7 Å². The molecule has 1 heterocycles. The van der Waals surface area contributed by atoms with Crippen molar-refractivity contribution in [1.82, 2.24) is 9.55 Å². The largest absolute Gasteiger partial charge is 0.380 e. The zero-order valence-electron chi connectivity index (χ0n) is 11.5. The summed E-state index contributed by atoms with van der Waals surface area (Å²) < 4.78 is 7.25. The molecule has 2 aromatic carbocycles. The molecule has 1 aromatic heterocycles. The van der Waals surface area contributed by atoms with Gasteiger partial charge in [-0.3, -0.25) is 4.57 Å². The van der Waals surface area contributed by atoms with E-state index in [2.05, 4.69) is 15.6 Å². The summed E-state index contributed by atoms with van der Waals surface area (Å²) in [6, 6.07) is 13.8. The van der Waals surface area contributed by atoms with Crippen LogP contribution in [0.3, 0.4) is 0 Å². The van der Waals surface area contributed by atoms with E-state index in [0.717, 1.165) is 28.1 Å². The van der Waals surface area contributed by atoms with Crippen LogP contribution in [0.15, 0.2) is 42.5 Å². The Kier molecular flexibility index (Phi) is 4.15. The van der Waals surface area contributed by atoms with Gasteiger partial charge in [-0.25, -0.2) is 4.98 Å². The van der Waals surface area contributed by atoms with Crippen LogP contribution in [0.25, 0.3) is 16.7 Å². The van der Waals surface area contributed by atoms with Crippen molar-refractivity contribution in [2.24, 2.45) is 0 Å². The van der Waals surface area contributed by atoms with E-state index < -0.39 is 0 Å². The van der Waals surface area contributed by atoms with Crippen molar-refractivity contribution in [1.29, 1.82) is 0 Å². The minimum Gasteiger partial charge on any atom is -0.380 e. The number of ether oxygens (including phenoxy) is 1. The molecule has 0 saturated carbocycles. The molecule has 0 bridgehead atoms. The van der Waals surface area contributed by atoms with Gasteiger partial charge in [0.1, 0.15) is 5.82 Å². The van der Waals surface area contributed by atoms with Gasteiger partial charge in [0, 0.05) is 17.8 Å². The fraction of sp³-hybridized carbons (Fsp3) is 0.188. The van der Waals surface area contributed by atoms with Crippen LogP contribution < -0.4 is 0 Å². The van der Waals surface area contributed by atoms with Gasteiger partial charge >= 0.3 is 0 Å². The summed E-state index contributed by atoms with van der Waals surface area (Å²) in [5.41, 5.74) is 3.95. The molecule has 0 aliphatic carbocycles. The van der Waals surface area contributed by atoms with Crippen molar-refractivity contribution in [2.75, 3.05) is 7.11 Å². The average Bonchev–Trinajstić information content (AvgIpc) is 2.85. The lowest BCUT2D eigenvalue weighted by molar-refractivity contribution is 0.185. The van der Waals surface area contributed by atoms with Crippen molar-refractivity contribution in [3.63, 3.8) is 0 Å². The number of halogens is 2. The predicted molar refractivity (Wildman–Crippen MR) is 86.4 cm³/mol. The number of rotatable bonds is 4. The number of imidazole rings is 1. The van der Waals surface area contributed by atoms with E-state index in [1.54, 1.807) is 7.11 Å². The van der Waals surface area contributed by atoms with Crippen molar-refractivity contribution in [2.45, 2.75) is 12.5 Å². The Hall–Kier alpha value is -1.55. The highest BCUT2D eigenvalue weighted by Gasteiger charge is 2.12. The van der Waals surface area contributed by atoms with Gasteiger partial charge in [-0.1, -0.05) is 23.7 Å². The predicted octanol–water partition coefficient (Wildman–Crippen LogP) is 4.56. The maximum absolute atomic E-state index is 6.05. The molecule has 0 aliphatic rings. The van der Waals surface area contributed by atoms with Crippen LogP contribution in [0.4, 0.5) is 0 Å². The van der Waals surface area contributed by atoms with E-state index in [9.17, 15) is 0 Å². The molecule has 108 valence electrons. The van der Waals surface area contributed by atoms with E-state index in [1.165, 1.54) is 0 Å². The summed E-state index contributed by atoms with van der Waals surface area (Å²) in [6.45, 7) is 0.572. The second-order valence-corrected chi connectivity index (χ2v) is 5.44. The zero-order valence-corrected chi connectivity index (χ0v) is 13.0. The number of aromatic nitrogens is 2. The summed E-state index contributed by atoms with van der Waals surface area (Å²) in [5, 5.41) is 0.668. The lowest BCUT2D eigenvalue weighted by atomic mass is 10.2. The highest BCUT2D eigenvalue weighted by Crippen LogP contribution is 2.25. The summed E-state index contributed by atoms with van der Waals surface area (Å²) in [7, 11) is 1.69. The third-order valence-corrected chi connectivity index (χ3v) is 3.76. The Morgan fingerprint density at radius 1 is 1.19 bits per heavy atom. The van der Waals surface area contributed by atoms with Crippen LogP contribution in [0.1, 0.15) is 11.4 Å². The van der Waals surface area contributed by atoms with Crippen molar-refractivity contribution < 1.29 is 4.74 Å².